The van der Waals surface area contributed by atoms with Gasteiger partial charge in [0.05, 0.1) is 37.8 Å². The van der Waals surface area contributed by atoms with Crippen LogP contribution in [0, 0.1) is 5.82 Å². The molecule has 2 fully saturated rings. The smallest absolute Gasteiger partial charge is 0.224 e. The Balaban J connectivity index is 0.00000133. The van der Waals surface area contributed by atoms with Crippen LogP contribution in [0.25, 0.3) is 22.0 Å². The van der Waals surface area contributed by atoms with Crippen LogP contribution in [0.15, 0.2) is 30.3 Å². The second-order valence-electron chi connectivity index (χ2n) is 7.69. The standard InChI is InChI=1S/C22H23ClFN5O2S.C2H6/c23-22-25-20-16(21(26-22)29-6-10-31-11-7-29)12-14(13-18(20)28-4-8-30-9-5-28)15-2-1-3-17(27-32)19(15)24;1-2/h1-3,12-13,27,32H,4-11H2;1-2H3. The lowest BCUT2D eigenvalue weighted by Gasteiger charge is -2.32. The third-order valence-corrected chi connectivity index (χ3v) is 6.24. The van der Waals surface area contributed by atoms with E-state index in [4.69, 9.17) is 21.1 Å². The van der Waals surface area contributed by atoms with Crippen molar-refractivity contribution in [2.24, 2.45) is 0 Å². The number of morpholine rings is 2. The van der Waals surface area contributed by atoms with Crippen molar-refractivity contribution in [2.75, 3.05) is 67.1 Å². The summed E-state index contributed by atoms with van der Waals surface area (Å²) in [6.07, 6.45) is 0. The van der Waals surface area contributed by atoms with E-state index >= 15 is 4.39 Å². The molecule has 2 aliphatic heterocycles. The van der Waals surface area contributed by atoms with Crippen LogP contribution in [0.1, 0.15) is 13.8 Å². The first-order valence-electron chi connectivity index (χ1n) is 11.5. The number of halogens is 2. The number of fused-ring (bicyclic) bond motifs is 1. The molecule has 0 atom stereocenters. The summed E-state index contributed by atoms with van der Waals surface area (Å²) in [7, 11) is 0. The van der Waals surface area contributed by atoms with Crippen LogP contribution in [0.2, 0.25) is 5.28 Å². The van der Waals surface area contributed by atoms with E-state index < -0.39 is 0 Å². The highest BCUT2D eigenvalue weighted by atomic mass is 35.5. The number of rotatable bonds is 4. The Morgan fingerprint density at radius 3 is 2.26 bits per heavy atom. The molecule has 0 unspecified atom stereocenters. The summed E-state index contributed by atoms with van der Waals surface area (Å²) >= 11 is 10.4. The van der Waals surface area contributed by atoms with Crippen molar-refractivity contribution >= 4 is 52.5 Å². The summed E-state index contributed by atoms with van der Waals surface area (Å²) in [5.41, 5.74) is 3.18. The summed E-state index contributed by atoms with van der Waals surface area (Å²) in [6.45, 7) is 9.30. The fourth-order valence-electron chi connectivity index (χ4n) is 4.23. The molecule has 5 rings (SSSR count). The minimum atomic E-state index is -0.363. The number of ether oxygens (including phenoxy) is 2. The van der Waals surface area contributed by atoms with Crippen molar-refractivity contribution in [1.29, 1.82) is 0 Å². The maximum absolute atomic E-state index is 15.2. The van der Waals surface area contributed by atoms with Crippen molar-refractivity contribution < 1.29 is 13.9 Å². The molecule has 0 radical (unpaired) electrons. The molecule has 1 aromatic heterocycles. The lowest BCUT2D eigenvalue weighted by Crippen LogP contribution is -2.37. The molecule has 0 bridgehead atoms. The van der Waals surface area contributed by atoms with Crippen LogP contribution < -0.4 is 14.5 Å². The summed E-state index contributed by atoms with van der Waals surface area (Å²) in [4.78, 5) is 13.5. The van der Waals surface area contributed by atoms with E-state index in [1.165, 1.54) is 0 Å². The fourth-order valence-corrected chi connectivity index (χ4v) is 4.57. The summed E-state index contributed by atoms with van der Waals surface area (Å²) < 4.78 is 28.9. The highest BCUT2D eigenvalue weighted by molar-refractivity contribution is 7.81. The summed E-state index contributed by atoms with van der Waals surface area (Å²) in [5, 5.41) is 1.02. The van der Waals surface area contributed by atoms with E-state index in [9.17, 15) is 0 Å². The van der Waals surface area contributed by atoms with Crippen LogP contribution >= 0.6 is 24.4 Å². The van der Waals surface area contributed by atoms with Gasteiger partial charge < -0.3 is 24.0 Å². The third kappa shape index (κ3) is 5.02. The molecule has 2 aromatic carbocycles. The largest absolute Gasteiger partial charge is 0.378 e. The Morgan fingerprint density at radius 1 is 0.971 bits per heavy atom. The van der Waals surface area contributed by atoms with Gasteiger partial charge in [-0.1, -0.05) is 38.8 Å². The van der Waals surface area contributed by atoms with Gasteiger partial charge in [-0.3, -0.25) is 0 Å². The number of anilines is 3. The minimum Gasteiger partial charge on any atom is -0.378 e. The van der Waals surface area contributed by atoms with E-state index in [2.05, 4.69) is 37.3 Å². The lowest BCUT2D eigenvalue weighted by molar-refractivity contribution is 0.122. The fraction of sp³-hybridized carbons (Fsp3) is 0.417. The average molecular weight is 506 g/mol. The molecule has 0 aliphatic carbocycles. The molecule has 182 valence electrons. The Kier molecular flexibility index (Phi) is 8.31. The van der Waals surface area contributed by atoms with Crippen LogP contribution in [0.4, 0.5) is 21.6 Å². The number of thiol groups is 1. The Bertz CT molecular complexity index is 1140. The zero-order valence-electron chi connectivity index (χ0n) is 19.4. The number of hydrogen-bond acceptors (Lipinski definition) is 8. The highest BCUT2D eigenvalue weighted by Crippen LogP contribution is 2.39. The molecule has 7 nitrogen and oxygen atoms in total. The Labute approximate surface area is 209 Å². The van der Waals surface area contributed by atoms with Gasteiger partial charge in [0.15, 0.2) is 5.82 Å². The van der Waals surface area contributed by atoms with Crippen molar-refractivity contribution in [1.82, 2.24) is 9.97 Å². The predicted octanol–water partition coefficient (Wildman–Crippen LogP) is 5.05. The molecule has 2 saturated heterocycles. The summed E-state index contributed by atoms with van der Waals surface area (Å²) in [6, 6.07) is 9.13. The number of hydrogen-bond donors (Lipinski definition) is 2. The van der Waals surface area contributed by atoms with Gasteiger partial charge in [0, 0.05) is 37.1 Å². The lowest BCUT2D eigenvalue weighted by atomic mass is 10.00. The van der Waals surface area contributed by atoms with Crippen LogP contribution in [0.3, 0.4) is 0 Å². The second-order valence-corrected chi connectivity index (χ2v) is 8.25. The molecule has 34 heavy (non-hydrogen) atoms. The average Bonchev–Trinajstić information content (AvgIpc) is 2.90. The molecule has 3 heterocycles. The number of benzene rings is 2. The molecule has 0 amide bonds. The monoisotopic (exact) mass is 505 g/mol. The third-order valence-electron chi connectivity index (χ3n) is 5.83. The van der Waals surface area contributed by atoms with Gasteiger partial charge in [0.25, 0.3) is 0 Å². The van der Waals surface area contributed by atoms with E-state index in [-0.39, 0.29) is 11.1 Å². The van der Waals surface area contributed by atoms with Crippen LogP contribution in [-0.2, 0) is 9.47 Å². The van der Waals surface area contributed by atoms with Gasteiger partial charge >= 0.3 is 0 Å². The minimum absolute atomic E-state index is 0.189. The summed E-state index contributed by atoms with van der Waals surface area (Å²) in [5.74, 6) is 0.376. The Morgan fingerprint density at radius 2 is 1.62 bits per heavy atom. The van der Waals surface area contributed by atoms with Gasteiger partial charge in [-0.2, -0.15) is 4.98 Å². The number of aromatic nitrogens is 2. The van der Waals surface area contributed by atoms with Crippen molar-refractivity contribution in [2.45, 2.75) is 13.8 Å². The van der Waals surface area contributed by atoms with Crippen molar-refractivity contribution in [3.05, 3.63) is 41.4 Å². The normalized spacial score (nSPS) is 16.3. The molecule has 1 N–H and O–H groups in total. The van der Waals surface area contributed by atoms with E-state index in [1.54, 1.807) is 18.2 Å². The van der Waals surface area contributed by atoms with E-state index in [0.29, 0.717) is 63.9 Å². The van der Waals surface area contributed by atoms with Crippen molar-refractivity contribution in [3.63, 3.8) is 0 Å². The maximum atomic E-state index is 15.2. The first kappa shape index (κ1) is 24.8. The van der Waals surface area contributed by atoms with Crippen LogP contribution in [-0.4, -0.2) is 62.6 Å². The highest BCUT2D eigenvalue weighted by Gasteiger charge is 2.23. The van der Waals surface area contributed by atoms with Gasteiger partial charge in [-0.25, -0.2) is 9.37 Å². The molecule has 0 spiro atoms. The molecule has 0 saturated carbocycles. The molecule has 3 aromatic rings. The zero-order chi connectivity index (χ0) is 24.1. The number of nitrogens with zero attached hydrogens (tertiary/aromatic N) is 4. The van der Waals surface area contributed by atoms with Gasteiger partial charge in [0.1, 0.15) is 11.3 Å². The maximum Gasteiger partial charge on any atom is 0.224 e. The molecule has 2 aliphatic rings. The molecular formula is C24H29ClFN5O2S. The predicted molar refractivity (Wildman–Crippen MR) is 140 cm³/mol. The van der Waals surface area contributed by atoms with E-state index in [1.807, 2.05) is 26.0 Å². The van der Waals surface area contributed by atoms with E-state index in [0.717, 1.165) is 28.0 Å². The first-order valence-corrected chi connectivity index (χ1v) is 12.3. The van der Waals surface area contributed by atoms with Crippen molar-refractivity contribution in [3.8, 4) is 11.1 Å². The van der Waals surface area contributed by atoms with Gasteiger partial charge in [-0.15, -0.1) is 0 Å². The van der Waals surface area contributed by atoms with Gasteiger partial charge in [-0.05, 0) is 35.4 Å². The quantitative estimate of drug-likeness (QED) is 0.380. The van der Waals surface area contributed by atoms with Gasteiger partial charge in [0.2, 0.25) is 5.28 Å². The second kappa shape index (κ2) is 11.4. The zero-order valence-corrected chi connectivity index (χ0v) is 21.0. The topological polar surface area (TPSA) is 62.8 Å². The first-order chi connectivity index (χ1) is 16.7. The number of nitrogens with one attached hydrogen (secondary N) is 1. The van der Waals surface area contributed by atoms with Crippen LogP contribution in [0.5, 0.6) is 0 Å². The molecule has 10 heteroatoms. The Hall–Kier alpha value is -2.33. The molecular weight excluding hydrogens is 477 g/mol. The SMILES string of the molecule is CC.Fc1c(NS)cccc1-c1cc(N2CCOCC2)c2nc(Cl)nc(N3CCOCC3)c2c1.